The Morgan fingerprint density at radius 3 is 3.09 bits per heavy atom. The highest BCUT2D eigenvalue weighted by Crippen LogP contribution is 2.14. The highest BCUT2D eigenvalue weighted by Gasteiger charge is 2.14. The molecule has 0 amide bonds. The van der Waals surface area contributed by atoms with Crippen LogP contribution in [0.25, 0.3) is 0 Å². The first-order valence-electron chi connectivity index (χ1n) is 3.81. The SMILES string of the molecule is Cn1[nH]c2c(c1=O)NCCC2. The minimum absolute atomic E-state index is 0.0553. The molecule has 0 fully saturated rings. The van der Waals surface area contributed by atoms with Crippen LogP contribution in [0.2, 0.25) is 0 Å². The van der Waals surface area contributed by atoms with Gasteiger partial charge >= 0.3 is 0 Å². The van der Waals surface area contributed by atoms with E-state index in [9.17, 15) is 4.79 Å². The van der Waals surface area contributed by atoms with Gasteiger partial charge in [-0.1, -0.05) is 0 Å². The fraction of sp³-hybridized carbons (Fsp3) is 0.571. The van der Waals surface area contributed by atoms with Crippen LogP contribution in [0.15, 0.2) is 4.79 Å². The fourth-order valence-electron chi connectivity index (χ4n) is 1.45. The van der Waals surface area contributed by atoms with E-state index in [-0.39, 0.29) is 5.56 Å². The Balaban J connectivity index is 2.59. The molecule has 0 aromatic carbocycles. The number of anilines is 1. The maximum absolute atomic E-state index is 11.3. The van der Waals surface area contributed by atoms with E-state index in [0.717, 1.165) is 30.8 Å². The first kappa shape index (κ1) is 6.52. The number of hydrogen-bond donors (Lipinski definition) is 2. The Morgan fingerprint density at radius 2 is 2.36 bits per heavy atom. The Kier molecular flexibility index (Phi) is 1.27. The van der Waals surface area contributed by atoms with Crippen molar-refractivity contribution in [3.63, 3.8) is 0 Å². The smallest absolute Gasteiger partial charge is 0.289 e. The van der Waals surface area contributed by atoms with E-state index in [4.69, 9.17) is 0 Å². The molecule has 1 aliphatic heterocycles. The van der Waals surface area contributed by atoms with Crippen molar-refractivity contribution in [2.24, 2.45) is 7.05 Å². The molecular weight excluding hydrogens is 142 g/mol. The van der Waals surface area contributed by atoms with Gasteiger partial charge in [0.25, 0.3) is 5.56 Å². The monoisotopic (exact) mass is 153 g/mol. The lowest BCUT2D eigenvalue weighted by molar-refractivity contribution is 0.709. The molecule has 0 atom stereocenters. The summed E-state index contributed by atoms with van der Waals surface area (Å²) in [7, 11) is 1.74. The third-order valence-corrected chi connectivity index (χ3v) is 2.03. The predicted molar refractivity (Wildman–Crippen MR) is 42.8 cm³/mol. The largest absolute Gasteiger partial charge is 0.379 e. The summed E-state index contributed by atoms with van der Waals surface area (Å²) >= 11 is 0. The number of fused-ring (bicyclic) bond motifs is 1. The molecule has 4 heteroatoms. The Hall–Kier alpha value is -1.19. The molecule has 0 bridgehead atoms. The second-order valence-corrected chi connectivity index (χ2v) is 2.86. The highest BCUT2D eigenvalue weighted by molar-refractivity contribution is 5.47. The van der Waals surface area contributed by atoms with Gasteiger partial charge < -0.3 is 5.32 Å². The molecule has 0 unspecified atom stereocenters. The summed E-state index contributed by atoms with van der Waals surface area (Å²) < 4.78 is 1.52. The quantitative estimate of drug-likeness (QED) is 0.554. The molecule has 2 rings (SSSR count). The van der Waals surface area contributed by atoms with Crippen molar-refractivity contribution in [3.8, 4) is 0 Å². The normalized spacial score (nSPS) is 15.7. The minimum Gasteiger partial charge on any atom is -0.379 e. The Labute approximate surface area is 64.2 Å². The maximum atomic E-state index is 11.3. The van der Waals surface area contributed by atoms with Gasteiger partial charge in [0, 0.05) is 13.6 Å². The van der Waals surface area contributed by atoms with E-state index in [1.807, 2.05) is 0 Å². The van der Waals surface area contributed by atoms with Crippen molar-refractivity contribution in [1.82, 2.24) is 9.78 Å². The van der Waals surface area contributed by atoms with Crippen LogP contribution in [0.4, 0.5) is 5.69 Å². The summed E-state index contributed by atoms with van der Waals surface area (Å²) in [6.07, 6.45) is 2.09. The van der Waals surface area contributed by atoms with Gasteiger partial charge in [0.2, 0.25) is 0 Å². The summed E-state index contributed by atoms with van der Waals surface area (Å²) in [5.41, 5.74) is 1.86. The number of nitrogens with zero attached hydrogens (tertiary/aromatic N) is 1. The molecule has 0 saturated heterocycles. The van der Waals surface area contributed by atoms with Gasteiger partial charge in [0.15, 0.2) is 0 Å². The zero-order valence-corrected chi connectivity index (χ0v) is 6.48. The molecule has 2 heterocycles. The van der Waals surface area contributed by atoms with Gasteiger partial charge in [-0.2, -0.15) is 0 Å². The second kappa shape index (κ2) is 2.15. The van der Waals surface area contributed by atoms with Crippen molar-refractivity contribution in [2.45, 2.75) is 12.8 Å². The van der Waals surface area contributed by atoms with Crippen LogP contribution < -0.4 is 10.9 Å². The summed E-state index contributed by atoms with van der Waals surface area (Å²) in [6, 6.07) is 0. The highest BCUT2D eigenvalue weighted by atomic mass is 16.1. The summed E-state index contributed by atoms with van der Waals surface area (Å²) in [5, 5.41) is 6.09. The molecule has 1 aromatic rings. The van der Waals surface area contributed by atoms with Crippen LogP contribution in [0, 0.1) is 0 Å². The number of nitrogens with one attached hydrogen (secondary N) is 2. The average molecular weight is 153 g/mol. The predicted octanol–water partition coefficient (Wildman–Crippen LogP) is 0.0715. The van der Waals surface area contributed by atoms with Crippen LogP contribution in [-0.4, -0.2) is 16.3 Å². The van der Waals surface area contributed by atoms with E-state index in [2.05, 4.69) is 10.4 Å². The van der Waals surface area contributed by atoms with E-state index < -0.39 is 0 Å². The van der Waals surface area contributed by atoms with Crippen LogP contribution in [0.3, 0.4) is 0 Å². The zero-order valence-electron chi connectivity index (χ0n) is 6.48. The van der Waals surface area contributed by atoms with Crippen LogP contribution in [0.1, 0.15) is 12.1 Å². The fourth-order valence-corrected chi connectivity index (χ4v) is 1.45. The number of H-pyrrole nitrogens is 1. The van der Waals surface area contributed by atoms with Gasteiger partial charge in [0.05, 0.1) is 5.69 Å². The van der Waals surface area contributed by atoms with Crippen molar-refractivity contribution < 1.29 is 0 Å². The summed E-state index contributed by atoms with van der Waals surface area (Å²) in [5.74, 6) is 0. The van der Waals surface area contributed by atoms with Crippen molar-refractivity contribution >= 4 is 5.69 Å². The number of rotatable bonds is 0. The van der Waals surface area contributed by atoms with Gasteiger partial charge in [-0.05, 0) is 12.8 Å². The number of hydrogen-bond acceptors (Lipinski definition) is 2. The lowest BCUT2D eigenvalue weighted by atomic mass is 10.1. The topological polar surface area (TPSA) is 49.8 Å². The van der Waals surface area contributed by atoms with Gasteiger partial charge in [-0.15, -0.1) is 0 Å². The molecule has 1 aliphatic rings. The summed E-state index contributed by atoms with van der Waals surface area (Å²) in [4.78, 5) is 11.3. The third kappa shape index (κ3) is 0.859. The lowest BCUT2D eigenvalue weighted by Gasteiger charge is -2.10. The van der Waals surface area contributed by atoms with E-state index in [1.54, 1.807) is 7.05 Å². The first-order chi connectivity index (χ1) is 5.29. The Bertz CT molecular complexity index is 323. The Morgan fingerprint density at radius 1 is 1.55 bits per heavy atom. The molecule has 11 heavy (non-hydrogen) atoms. The third-order valence-electron chi connectivity index (χ3n) is 2.03. The molecule has 0 aliphatic carbocycles. The van der Waals surface area contributed by atoms with Crippen LogP contribution in [-0.2, 0) is 13.5 Å². The molecule has 1 aromatic heterocycles. The molecule has 4 nitrogen and oxygen atoms in total. The van der Waals surface area contributed by atoms with Gasteiger partial charge in [-0.3, -0.25) is 14.6 Å². The molecule has 0 spiro atoms. The minimum atomic E-state index is 0.0553. The van der Waals surface area contributed by atoms with Gasteiger partial charge in [0.1, 0.15) is 5.69 Å². The standard InChI is InChI=1S/C7H11N3O/c1-10-7(11)6-5(9-10)3-2-4-8-6/h8-9H,2-4H2,1H3. The van der Waals surface area contributed by atoms with Crippen molar-refractivity contribution in [3.05, 3.63) is 16.0 Å². The zero-order chi connectivity index (χ0) is 7.84. The molecule has 2 N–H and O–H groups in total. The molecule has 60 valence electrons. The lowest BCUT2D eigenvalue weighted by Crippen LogP contribution is -2.18. The van der Waals surface area contributed by atoms with Crippen molar-refractivity contribution in [1.29, 1.82) is 0 Å². The maximum Gasteiger partial charge on any atom is 0.289 e. The van der Waals surface area contributed by atoms with Gasteiger partial charge in [-0.25, -0.2) is 0 Å². The van der Waals surface area contributed by atoms with E-state index in [0.29, 0.717) is 0 Å². The van der Waals surface area contributed by atoms with E-state index >= 15 is 0 Å². The second-order valence-electron chi connectivity index (χ2n) is 2.86. The van der Waals surface area contributed by atoms with Crippen molar-refractivity contribution in [2.75, 3.05) is 11.9 Å². The number of aromatic nitrogens is 2. The first-order valence-corrected chi connectivity index (χ1v) is 3.81. The average Bonchev–Trinajstić information content (AvgIpc) is 2.30. The molecular formula is C7H11N3O. The van der Waals surface area contributed by atoms with Crippen LogP contribution >= 0.6 is 0 Å². The molecule has 0 saturated carbocycles. The van der Waals surface area contributed by atoms with Crippen LogP contribution in [0.5, 0.6) is 0 Å². The number of aromatic amines is 1. The number of aryl methyl sites for hydroxylation is 2. The van der Waals surface area contributed by atoms with E-state index in [1.165, 1.54) is 4.68 Å². The molecule has 0 radical (unpaired) electrons. The summed E-state index contributed by atoms with van der Waals surface area (Å²) in [6.45, 7) is 0.917.